The Morgan fingerprint density at radius 3 is 2.30 bits per heavy atom. The number of methoxy groups -OCH3 is 1. The number of anilines is 4. The Bertz CT molecular complexity index is 1530. The SMILES string of the molecule is CCOc1ccccc1Oc1nc(Nc2ccc(N3CCN(CCOC)CC3)cc2)ncc1C(=O)Nc1c(C)cccc1C. The number of piperazine rings is 1. The molecule has 10 nitrogen and oxygen atoms in total. The number of hydrogen-bond donors (Lipinski definition) is 2. The Balaban J connectivity index is 1.35. The van der Waals surface area contributed by atoms with E-state index in [2.05, 4.69) is 42.5 Å². The fraction of sp³-hybridized carbons (Fsp3) is 0.324. The summed E-state index contributed by atoms with van der Waals surface area (Å²) in [5.74, 6) is 1.05. The van der Waals surface area contributed by atoms with Crippen molar-refractivity contribution in [3.63, 3.8) is 0 Å². The van der Waals surface area contributed by atoms with E-state index in [1.165, 1.54) is 6.20 Å². The van der Waals surface area contributed by atoms with Gasteiger partial charge in [-0.25, -0.2) is 4.98 Å². The molecule has 3 aromatic carbocycles. The molecule has 1 saturated heterocycles. The molecular formula is C34H40N6O4. The molecule has 1 fully saturated rings. The average molecular weight is 597 g/mol. The van der Waals surface area contributed by atoms with Crippen LogP contribution in [0.5, 0.6) is 17.4 Å². The molecule has 0 bridgehead atoms. The van der Waals surface area contributed by atoms with Crippen molar-refractivity contribution in [3.8, 4) is 17.4 Å². The van der Waals surface area contributed by atoms with Gasteiger partial charge in [-0.1, -0.05) is 30.3 Å². The second-order valence-electron chi connectivity index (χ2n) is 10.6. The minimum Gasteiger partial charge on any atom is -0.490 e. The number of amides is 1. The maximum absolute atomic E-state index is 13.5. The van der Waals surface area contributed by atoms with Crippen molar-refractivity contribution in [1.29, 1.82) is 0 Å². The standard InChI is InChI=1S/C34H40N6O4/c1-5-43-29-11-6-7-12-30(29)44-33-28(32(41)37-31-24(2)9-8-10-25(31)3)23-35-34(38-33)36-26-13-15-27(16-14-26)40-19-17-39(18-20-40)21-22-42-4/h6-16,23H,5,17-22H2,1-4H3,(H,37,41)(H,35,36,38). The summed E-state index contributed by atoms with van der Waals surface area (Å²) in [4.78, 5) is 27.4. The van der Waals surface area contributed by atoms with Crippen molar-refractivity contribution in [1.82, 2.24) is 14.9 Å². The largest absolute Gasteiger partial charge is 0.490 e. The predicted molar refractivity (Wildman–Crippen MR) is 174 cm³/mol. The van der Waals surface area contributed by atoms with Crippen molar-refractivity contribution in [2.45, 2.75) is 20.8 Å². The van der Waals surface area contributed by atoms with Crippen molar-refractivity contribution in [3.05, 3.63) is 89.6 Å². The Hall–Kier alpha value is -4.67. The van der Waals surface area contributed by atoms with Crippen LogP contribution in [0.1, 0.15) is 28.4 Å². The van der Waals surface area contributed by atoms with Crippen LogP contribution in [-0.2, 0) is 4.74 Å². The van der Waals surface area contributed by atoms with E-state index in [1.54, 1.807) is 13.2 Å². The topological polar surface area (TPSA) is 101 Å². The molecule has 0 saturated carbocycles. The van der Waals surface area contributed by atoms with Gasteiger partial charge in [0.15, 0.2) is 11.5 Å². The maximum atomic E-state index is 13.5. The molecular weight excluding hydrogens is 556 g/mol. The molecule has 5 rings (SSSR count). The Morgan fingerprint density at radius 1 is 0.909 bits per heavy atom. The molecule has 1 aliphatic heterocycles. The lowest BCUT2D eigenvalue weighted by Crippen LogP contribution is -2.47. The second kappa shape index (κ2) is 14.7. The van der Waals surface area contributed by atoms with E-state index in [1.807, 2.05) is 69.3 Å². The zero-order valence-corrected chi connectivity index (χ0v) is 25.8. The molecule has 2 heterocycles. The lowest BCUT2D eigenvalue weighted by atomic mass is 10.1. The highest BCUT2D eigenvalue weighted by Gasteiger charge is 2.21. The summed E-state index contributed by atoms with van der Waals surface area (Å²) in [6.07, 6.45) is 1.48. The third kappa shape index (κ3) is 7.64. The fourth-order valence-electron chi connectivity index (χ4n) is 5.10. The number of nitrogens with zero attached hydrogens (tertiary/aromatic N) is 4. The van der Waals surface area contributed by atoms with Crippen LogP contribution in [-0.4, -0.2) is 73.8 Å². The Kier molecular flexibility index (Phi) is 10.3. The van der Waals surface area contributed by atoms with Gasteiger partial charge in [0.2, 0.25) is 11.8 Å². The van der Waals surface area contributed by atoms with Crippen LogP contribution in [0.4, 0.5) is 23.0 Å². The summed E-state index contributed by atoms with van der Waals surface area (Å²) in [5, 5.41) is 6.27. The van der Waals surface area contributed by atoms with Crippen molar-refractivity contribution >= 4 is 28.9 Å². The monoisotopic (exact) mass is 596 g/mol. The van der Waals surface area contributed by atoms with Gasteiger partial charge in [-0.3, -0.25) is 9.69 Å². The first-order valence-electron chi connectivity index (χ1n) is 14.9. The summed E-state index contributed by atoms with van der Waals surface area (Å²) in [6, 6.07) is 21.4. The quantitative estimate of drug-likeness (QED) is 0.202. The lowest BCUT2D eigenvalue weighted by Gasteiger charge is -2.36. The van der Waals surface area contributed by atoms with Gasteiger partial charge in [-0.05, 0) is 68.3 Å². The van der Waals surface area contributed by atoms with Gasteiger partial charge < -0.3 is 29.7 Å². The molecule has 0 atom stereocenters. The molecule has 44 heavy (non-hydrogen) atoms. The second-order valence-corrected chi connectivity index (χ2v) is 10.6. The molecule has 1 aliphatic rings. The number of para-hydroxylation sites is 3. The third-order valence-corrected chi connectivity index (χ3v) is 7.55. The fourth-order valence-corrected chi connectivity index (χ4v) is 5.10. The van der Waals surface area contributed by atoms with Gasteiger partial charge in [0.25, 0.3) is 5.91 Å². The van der Waals surface area contributed by atoms with E-state index in [4.69, 9.17) is 14.2 Å². The molecule has 0 unspecified atom stereocenters. The van der Waals surface area contributed by atoms with Gasteiger partial charge >= 0.3 is 0 Å². The highest BCUT2D eigenvalue weighted by Crippen LogP contribution is 2.33. The van der Waals surface area contributed by atoms with Crippen LogP contribution < -0.4 is 25.0 Å². The Labute approximate surface area is 259 Å². The van der Waals surface area contributed by atoms with E-state index < -0.39 is 0 Å². The number of benzene rings is 3. The molecule has 2 N–H and O–H groups in total. The molecule has 0 aliphatic carbocycles. The number of rotatable bonds is 12. The van der Waals surface area contributed by atoms with Crippen LogP contribution in [0.25, 0.3) is 0 Å². The summed E-state index contributed by atoms with van der Waals surface area (Å²) in [5.41, 5.74) is 4.84. The first-order valence-corrected chi connectivity index (χ1v) is 14.9. The van der Waals surface area contributed by atoms with Gasteiger partial charge in [0.1, 0.15) is 5.56 Å². The normalized spacial score (nSPS) is 13.4. The highest BCUT2D eigenvalue weighted by molar-refractivity contribution is 6.06. The predicted octanol–water partition coefficient (Wildman–Crippen LogP) is 6.05. The number of aromatic nitrogens is 2. The zero-order valence-electron chi connectivity index (χ0n) is 25.8. The van der Waals surface area contributed by atoms with Gasteiger partial charge in [-0.2, -0.15) is 4.98 Å². The van der Waals surface area contributed by atoms with E-state index >= 15 is 0 Å². The lowest BCUT2D eigenvalue weighted by molar-refractivity contribution is 0.102. The average Bonchev–Trinajstić information content (AvgIpc) is 3.04. The van der Waals surface area contributed by atoms with E-state index in [0.29, 0.717) is 24.1 Å². The van der Waals surface area contributed by atoms with Crippen molar-refractivity contribution in [2.24, 2.45) is 0 Å². The number of aryl methyl sites for hydroxylation is 2. The number of carbonyl (C=O) groups excluding carboxylic acids is 1. The van der Waals surface area contributed by atoms with Gasteiger partial charge in [0, 0.05) is 63.1 Å². The minimum atomic E-state index is -0.371. The molecule has 1 amide bonds. The molecule has 4 aromatic rings. The molecule has 10 heteroatoms. The van der Waals surface area contributed by atoms with Crippen LogP contribution in [0.2, 0.25) is 0 Å². The first kappa shape index (κ1) is 30.8. The van der Waals surface area contributed by atoms with Crippen LogP contribution >= 0.6 is 0 Å². The van der Waals surface area contributed by atoms with E-state index in [-0.39, 0.29) is 17.4 Å². The van der Waals surface area contributed by atoms with Crippen molar-refractivity contribution < 1.29 is 19.0 Å². The van der Waals surface area contributed by atoms with Crippen LogP contribution in [0.3, 0.4) is 0 Å². The van der Waals surface area contributed by atoms with Crippen molar-refractivity contribution in [2.75, 3.05) is 68.6 Å². The molecule has 1 aromatic heterocycles. The van der Waals surface area contributed by atoms with E-state index in [0.717, 1.165) is 67.5 Å². The number of ether oxygens (including phenoxy) is 3. The van der Waals surface area contributed by atoms with Gasteiger partial charge in [0.05, 0.1) is 13.2 Å². The minimum absolute atomic E-state index is 0.112. The Morgan fingerprint density at radius 2 is 1.61 bits per heavy atom. The molecule has 0 radical (unpaired) electrons. The zero-order chi connectivity index (χ0) is 30.9. The van der Waals surface area contributed by atoms with Crippen LogP contribution in [0.15, 0.2) is 72.9 Å². The van der Waals surface area contributed by atoms with Gasteiger partial charge in [-0.15, -0.1) is 0 Å². The summed E-state index contributed by atoms with van der Waals surface area (Å²) >= 11 is 0. The number of hydrogen-bond acceptors (Lipinski definition) is 9. The summed E-state index contributed by atoms with van der Waals surface area (Å²) < 4.78 is 17.2. The molecule has 230 valence electrons. The summed E-state index contributed by atoms with van der Waals surface area (Å²) in [6.45, 7) is 12.0. The maximum Gasteiger partial charge on any atom is 0.262 e. The number of carbonyl (C=O) groups is 1. The third-order valence-electron chi connectivity index (χ3n) is 7.55. The molecule has 0 spiro atoms. The highest BCUT2D eigenvalue weighted by atomic mass is 16.5. The summed E-state index contributed by atoms with van der Waals surface area (Å²) in [7, 11) is 1.74. The van der Waals surface area contributed by atoms with Crippen LogP contribution in [0, 0.1) is 13.8 Å². The van der Waals surface area contributed by atoms with E-state index in [9.17, 15) is 4.79 Å². The number of nitrogens with one attached hydrogen (secondary N) is 2. The first-order chi connectivity index (χ1) is 21.4. The smallest absolute Gasteiger partial charge is 0.262 e.